The zero-order valence-electron chi connectivity index (χ0n) is 24.6. The summed E-state index contributed by atoms with van der Waals surface area (Å²) in [6, 6.07) is 23.5. The molecule has 0 spiro atoms. The van der Waals surface area contributed by atoms with Gasteiger partial charge in [0, 0.05) is 58.8 Å². The molecule has 9 heteroatoms. The van der Waals surface area contributed by atoms with E-state index in [2.05, 4.69) is 5.32 Å². The van der Waals surface area contributed by atoms with E-state index < -0.39 is 9.84 Å². The molecule has 5 rings (SSSR count). The maximum atomic E-state index is 13.5. The molecular weight excluding hydrogens is 582 g/mol. The highest BCUT2D eigenvalue weighted by molar-refractivity contribution is 7.91. The lowest BCUT2D eigenvalue weighted by Crippen LogP contribution is -2.27. The lowest BCUT2D eigenvalue weighted by atomic mass is 10.1. The molecule has 0 aliphatic carbocycles. The van der Waals surface area contributed by atoms with Gasteiger partial charge in [0.05, 0.1) is 22.6 Å². The van der Waals surface area contributed by atoms with Crippen molar-refractivity contribution in [1.29, 1.82) is 0 Å². The van der Waals surface area contributed by atoms with Gasteiger partial charge in [-0.05, 0) is 74.4 Å². The average Bonchev–Trinajstić information content (AvgIpc) is 3.24. The SMILES string of the molecule is Cc1ccc2c(c1)c(CC(=O)NCCCS(=O)(=O)c1cccc3c(N(C)C)cccc13)c(C)n2C(=O)c1ccc(Cl)cc1. The van der Waals surface area contributed by atoms with Crippen molar-refractivity contribution in [2.45, 2.75) is 31.6 Å². The number of hydrogen-bond donors (Lipinski definition) is 1. The number of nitrogens with one attached hydrogen (secondary N) is 1. The Kier molecular flexibility index (Phi) is 8.62. The number of sulfone groups is 1. The van der Waals surface area contributed by atoms with Gasteiger partial charge < -0.3 is 10.2 Å². The third-order valence-corrected chi connectivity index (χ3v) is 9.81. The van der Waals surface area contributed by atoms with Crippen molar-refractivity contribution in [3.05, 3.63) is 106 Å². The van der Waals surface area contributed by atoms with Gasteiger partial charge in [0.1, 0.15) is 0 Å². The Balaban J connectivity index is 1.30. The fourth-order valence-electron chi connectivity index (χ4n) is 5.55. The fourth-order valence-corrected chi connectivity index (χ4v) is 7.22. The highest BCUT2D eigenvalue weighted by Gasteiger charge is 2.22. The number of halogens is 1. The Morgan fingerprint density at radius 3 is 2.30 bits per heavy atom. The second kappa shape index (κ2) is 12.2. The summed E-state index contributed by atoms with van der Waals surface area (Å²) in [5, 5.41) is 5.83. The first kappa shape index (κ1) is 30.3. The van der Waals surface area contributed by atoms with Gasteiger partial charge in [-0.1, -0.05) is 47.5 Å². The lowest BCUT2D eigenvalue weighted by molar-refractivity contribution is -0.120. The molecule has 222 valence electrons. The van der Waals surface area contributed by atoms with Crippen molar-refractivity contribution in [2.24, 2.45) is 0 Å². The van der Waals surface area contributed by atoms with Crippen LogP contribution in [0, 0.1) is 13.8 Å². The Hall–Kier alpha value is -4.14. The van der Waals surface area contributed by atoms with Gasteiger partial charge in [0.25, 0.3) is 5.91 Å². The number of nitrogens with zero attached hydrogens (tertiary/aromatic N) is 2. The highest BCUT2D eigenvalue weighted by atomic mass is 35.5. The van der Waals surface area contributed by atoms with Crippen LogP contribution in [0.5, 0.6) is 0 Å². The van der Waals surface area contributed by atoms with Crippen LogP contribution in [0.3, 0.4) is 0 Å². The molecule has 0 saturated carbocycles. The Bertz CT molecular complexity index is 1960. The number of aryl methyl sites for hydroxylation is 1. The molecule has 0 bridgehead atoms. The van der Waals surface area contributed by atoms with Crippen molar-refractivity contribution >= 4 is 60.6 Å². The van der Waals surface area contributed by atoms with E-state index in [0.717, 1.165) is 33.1 Å². The van der Waals surface area contributed by atoms with Crippen LogP contribution in [-0.4, -0.2) is 51.2 Å². The zero-order chi connectivity index (χ0) is 30.9. The first-order valence-electron chi connectivity index (χ1n) is 14.1. The Morgan fingerprint density at radius 1 is 0.884 bits per heavy atom. The highest BCUT2D eigenvalue weighted by Crippen LogP contribution is 2.31. The molecule has 0 atom stereocenters. The molecule has 4 aromatic carbocycles. The summed E-state index contributed by atoms with van der Waals surface area (Å²) in [6.45, 7) is 4.02. The summed E-state index contributed by atoms with van der Waals surface area (Å²) in [5.41, 5.74) is 4.63. The smallest absolute Gasteiger partial charge is 0.262 e. The van der Waals surface area contributed by atoms with Crippen LogP contribution in [0.25, 0.3) is 21.7 Å². The average molecular weight is 616 g/mol. The van der Waals surface area contributed by atoms with E-state index in [4.69, 9.17) is 11.6 Å². The minimum atomic E-state index is -3.58. The molecular formula is C34H34ClN3O4S. The minimum Gasteiger partial charge on any atom is -0.377 e. The van der Waals surface area contributed by atoms with E-state index >= 15 is 0 Å². The molecule has 0 fully saturated rings. The van der Waals surface area contributed by atoms with Crippen LogP contribution >= 0.6 is 11.6 Å². The van der Waals surface area contributed by atoms with Gasteiger partial charge in [0.15, 0.2) is 9.84 Å². The number of anilines is 1. The fraction of sp³-hybridized carbons (Fsp3) is 0.235. The molecule has 5 aromatic rings. The maximum absolute atomic E-state index is 13.5. The van der Waals surface area contributed by atoms with E-state index in [1.165, 1.54) is 0 Å². The van der Waals surface area contributed by atoms with Crippen LogP contribution in [0.1, 0.15) is 33.6 Å². The van der Waals surface area contributed by atoms with E-state index in [9.17, 15) is 18.0 Å². The molecule has 1 amide bonds. The van der Waals surface area contributed by atoms with Crippen LogP contribution < -0.4 is 10.2 Å². The Labute approximate surface area is 257 Å². The lowest BCUT2D eigenvalue weighted by Gasteiger charge is -2.17. The molecule has 0 radical (unpaired) electrons. The van der Waals surface area contributed by atoms with Gasteiger partial charge >= 0.3 is 0 Å². The maximum Gasteiger partial charge on any atom is 0.262 e. The van der Waals surface area contributed by atoms with Crippen molar-refractivity contribution in [2.75, 3.05) is 31.3 Å². The van der Waals surface area contributed by atoms with E-state index in [1.807, 2.05) is 75.3 Å². The van der Waals surface area contributed by atoms with Gasteiger partial charge in [-0.2, -0.15) is 0 Å². The third-order valence-electron chi connectivity index (χ3n) is 7.71. The summed E-state index contributed by atoms with van der Waals surface area (Å²) in [4.78, 5) is 28.8. The number of hydrogen-bond acceptors (Lipinski definition) is 5. The molecule has 7 nitrogen and oxygen atoms in total. The number of amides is 1. The van der Waals surface area contributed by atoms with Crippen molar-refractivity contribution in [3.63, 3.8) is 0 Å². The third kappa shape index (κ3) is 6.17. The molecule has 43 heavy (non-hydrogen) atoms. The standard InChI is InChI=1S/C34H34ClN3O4S/c1-22-12-17-31-29(20-22)28(23(2)38(31)34(40)24-13-15-25(35)16-14-24)21-33(39)36-18-7-19-43(41,42)32-11-6-8-26-27(32)9-5-10-30(26)37(3)4/h5-6,8-17,20H,7,18-19,21H2,1-4H3,(H,36,39). The second-order valence-electron chi connectivity index (χ2n) is 11.0. The van der Waals surface area contributed by atoms with Crippen LogP contribution in [-0.2, 0) is 21.1 Å². The summed E-state index contributed by atoms with van der Waals surface area (Å²) in [7, 11) is 0.274. The van der Waals surface area contributed by atoms with Crippen molar-refractivity contribution in [1.82, 2.24) is 9.88 Å². The summed E-state index contributed by atoms with van der Waals surface area (Å²) >= 11 is 6.02. The number of carbonyl (C=O) groups excluding carboxylic acids is 2. The predicted octanol–water partition coefficient (Wildman–Crippen LogP) is 6.34. The molecule has 1 N–H and O–H groups in total. The summed E-state index contributed by atoms with van der Waals surface area (Å²) < 4.78 is 28.3. The molecule has 0 aliphatic rings. The minimum absolute atomic E-state index is 0.0655. The van der Waals surface area contributed by atoms with Gasteiger partial charge in [-0.15, -0.1) is 0 Å². The second-order valence-corrected chi connectivity index (χ2v) is 13.5. The first-order chi connectivity index (χ1) is 20.5. The Morgan fingerprint density at radius 2 is 1.58 bits per heavy atom. The zero-order valence-corrected chi connectivity index (χ0v) is 26.2. The van der Waals surface area contributed by atoms with Crippen molar-refractivity contribution < 1.29 is 18.0 Å². The summed E-state index contributed by atoms with van der Waals surface area (Å²) in [5.74, 6) is -0.530. The van der Waals surface area contributed by atoms with Gasteiger partial charge in [0.2, 0.25) is 5.91 Å². The molecule has 1 heterocycles. The van der Waals surface area contributed by atoms with E-state index in [1.54, 1.807) is 41.0 Å². The monoisotopic (exact) mass is 615 g/mol. The molecule has 1 aromatic heterocycles. The normalized spacial score (nSPS) is 11.7. The quantitative estimate of drug-likeness (QED) is 0.195. The van der Waals surface area contributed by atoms with E-state index in [-0.39, 0.29) is 37.0 Å². The van der Waals surface area contributed by atoms with Crippen LogP contribution in [0.15, 0.2) is 83.8 Å². The summed E-state index contributed by atoms with van der Waals surface area (Å²) in [6.07, 6.45) is 0.336. The first-order valence-corrected chi connectivity index (χ1v) is 16.1. The number of rotatable bonds is 9. The van der Waals surface area contributed by atoms with Crippen LogP contribution in [0.4, 0.5) is 5.69 Å². The number of aromatic nitrogens is 1. The van der Waals surface area contributed by atoms with E-state index in [0.29, 0.717) is 26.6 Å². The van der Waals surface area contributed by atoms with Crippen LogP contribution in [0.2, 0.25) is 5.02 Å². The largest absolute Gasteiger partial charge is 0.377 e. The van der Waals surface area contributed by atoms with Gasteiger partial charge in [-0.3, -0.25) is 14.2 Å². The topological polar surface area (TPSA) is 88.5 Å². The molecule has 0 unspecified atom stereocenters. The number of fused-ring (bicyclic) bond motifs is 2. The molecule has 0 aliphatic heterocycles. The number of carbonyl (C=O) groups is 2. The van der Waals surface area contributed by atoms with Crippen molar-refractivity contribution in [3.8, 4) is 0 Å². The molecule has 0 saturated heterocycles. The number of benzene rings is 4. The van der Waals surface area contributed by atoms with Gasteiger partial charge in [-0.25, -0.2) is 8.42 Å². The predicted molar refractivity (Wildman–Crippen MR) is 174 cm³/mol.